The normalized spacial score (nSPS) is 16.8. The number of pyridine rings is 1. The van der Waals surface area contributed by atoms with Gasteiger partial charge in [-0.25, -0.2) is 4.39 Å². The fraction of sp³-hybridized carbons (Fsp3) is 0.429. The Labute approximate surface area is 210 Å². The molecule has 1 fully saturated rings. The third kappa shape index (κ3) is 5.93. The van der Waals surface area contributed by atoms with Crippen molar-refractivity contribution in [1.82, 2.24) is 9.88 Å². The summed E-state index contributed by atoms with van der Waals surface area (Å²) in [5.74, 6) is -0.498. The molecule has 35 heavy (non-hydrogen) atoms. The lowest BCUT2D eigenvalue weighted by molar-refractivity contribution is -0.322. The zero-order chi connectivity index (χ0) is 24.8. The van der Waals surface area contributed by atoms with Crippen molar-refractivity contribution in [2.75, 3.05) is 26.7 Å². The van der Waals surface area contributed by atoms with Crippen molar-refractivity contribution in [3.05, 3.63) is 70.9 Å². The first-order valence-electron chi connectivity index (χ1n) is 12.2. The van der Waals surface area contributed by atoms with Gasteiger partial charge in [-0.1, -0.05) is 41.9 Å². The monoisotopic (exact) mass is 497 g/mol. The highest BCUT2D eigenvalue weighted by Crippen LogP contribution is 2.42. The van der Waals surface area contributed by atoms with Gasteiger partial charge in [0.25, 0.3) is 0 Å². The van der Waals surface area contributed by atoms with E-state index < -0.39 is 17.6 Å². The van der Waals surface area contributed by atoms with Crippen molar-refractivity contribution >= 4 is 28.5 Å². The summed E-state index contributed by atoms with van der Waals surface area (Å²) in [7, 11) is 1.55. The summed E-state index contributed by atoms with van der Waals surface area (Å²) in [4.78, 5) is 18.8. The summed E-state index contributed by atoms with van der Waals surface area (Å²) in [5.41, 5.74) is 1.24. The van der Waals surface area contributed by atoms with Crippen LogP contribution in [0.1, 0.15) is 49.4 Å². The zero-order valence-electron chi connectivity index (χ0n) is 20.0. The molecule has 1 atom stereocenters. The zero-order valence-corrected chi connectivity index (χ0v) is 20.8. The number of hydrogen-bond acceptors (Lipinski definition) is 5. The van der Waals surface area contributed by atoms with Gasteiger partial charge in [-0.3, -0.25) is 4.98 Å². The summed E-state index contributed by atoms with van der Waals surface area (Å²) >= 11 is 6.35. The van der Waals surface area contributed by atoms with E-state index in [0.29, 0.717) is 48.1 Å². The number of rotatable bonds is 10. The van der Waals surface area contributed by atoms with E-state index >= 15 is 4.39 Å². The largest absolute Gasteiger partial charge is 0.550 e. The minimum Gasteiger partial charge on any atom is -0.550 e. The fourth-order valence-corrected chi connectivity index (χ4v) is 5.34. The summed E-state index contributed by atoms with van der Waals surface area (Å²) in [6.07, 6.45) is 3.24. The predicted molar refractivity (Wildman–Crippen MR) is 134 cm³/mol. The fourth-order valence-electron chi connectivity index (χ4n) is 5.07. The van der Waals surface area contributed by atoms with E-state index in [0.717, 1.165) is 19.4 Å². The minimum absolute atomic E-state index is 0.0536. The van der Waals surface area contributed by atoms with Crippen LogP contribution in [-0.2, 0) is 11.2 Å². The summed E-state index contributed by atoms with van der Waals surface area (Å²) in [6.45, 7) is 2.27. The van der Waals surface area contributed by atoms with Gasteiger partial charge >= 0.3 is 0 Å². The Kier molecular flexibility index (Phi) is 8.24. The van der Waals surface area contributed by atoms with E-state index in [1.807, 2.05) is 18.2 Å². The van der Waals surface area contributed by atoms with E-state index in [1.54, 1.807) is 25.3 Å². The number of nitrogens with zero attached hydrogens (tertiary/aromatic N) is 2. The molecule has 2 heterocycles. The number of hydrogen-bond donors (Lipinski definition) is 0. The molecule has 7 heteroatoms. The highest BCUT2D eigenvalue weighted by molar-refractivity contribution is 6.32. The van der Waals surface area contributed by atoms with E-state index in [-0.39, 0.29) is 17.9 Å². The van der Waals surface area contributed by atoms with Gasteiger partial charge in [0.15, 0.2) is 0 Å². The molecule has 1 unspecified atom stereocenters. The predicted octanol–water partition coefficient (Wildman–Crippen LogP) is 5.15. The Hall–Kier alpha value is -2.70. The molecular formula is C28H31ClFN2O3-. The first-order valence-corrected chi connectivity index (χ1v) is 12.5. The summed E-state index contributed by atoms with van der Waals surface area (Å²) < 4.78 is 20.9. The van der Waals surface area contributed by atoms with Gasteiger partial charge in [-0.2, -0.15) is 0 Å². The van der Waals surface area contributed by atoms with Crippen molar-refractivity contribution in [1.29, 1.82) is 0 Å². The lowest BCUT2D eigenvalue weighted by Gasteiger charge is -2.43. The molecule has 1 saturated heterocycles. The molecule has 0 bridgehead atoms. The highest BCUT2D eigenvalue weighted by atomic mass is 35.5. The number of aryl methyl sites for hydroxylation is 1. The first kappa shape index (κ1) is 25.4. The van der Waals surface area contributed by atoms with Crippen molar-refractivity contribution in [2.45, 2.75) is 44.7 Å². The van der Waals surface area contributed by atoms with Crippen LogP contribution in [0.15, 0.2) is 54.7 Å². The molecule has 3 aromatic rings. The van der Waals surface area contributed by atoms with Crippen LogP contribution in [0.25, 0.3) is 10.9 Å². The summed E-state index contributed by atoms with van der Waals surface area (Å²) in [5, 5.41) is 13.0. The van der Waals surface area contributed by atoms with Gasteiger partial charge in [0.05, 0.1) is 17.6 Å². The van der Waals surface area contributed by atoms with Gasteiger partial charge in [-0.05, 0) is 81.9 Å². The standard InChI is InChI=1S/C28H32ClFN2O3/c1-35-21-9-10-25-22(18-21)26(23(29)19-31-25)24(30)11-12-28(27(33)34)13-16-32(17-14-28)15-5-8-20-6-3-2-4-7-20/h2-4,6-7,9-10,18-19,24H,5,8,11-17H2,1H3,(H,33,34)/p-1. The van der Waals surface area contributed by atoms with E-state index in [2.05, 4.69) is 22.0 Å². The number of aromatic nitrogens is 1. The van der Waals surface area contributed by atoms with Crippen LogP contribution < -0.4 is 9.84 Å². The van der Waals surface area contributed by atoms with Crippen LogP contribution in [0.5, 0.6) is 5.75 Å². The van der Waals surface area contributed by atoms with Crippen molar-refractivity contribution in [2.24, 2.45) is 5.41 Å². The quantitative estimate of drug-likeness (QED) is 0.387. The van der Waals surface area contributed by atoms with Gasteiger partial charge < -0.3 is 19.5 Å². The number of likely N-dealkylation sites (tertiary alicyclic amines) is 1. The van der Waals surface area contributed by atoms with E-state index in [4.69, 9.17) is 16.3 Å². The maximum absolute atomic E-state index is 15.6. The number of ether oxygens (including phenoxy) is 1. The molecular weight excluding hydrogens is 467 g/mol. The van der Waals surface area contributed by atoms with Crippen LogP contribution in [0, 0.1) is 5.41 Å². The second kappa shape index (κ2) is 11.4. The Morgan fingerprint density at radius 1 is 1.23 bits per heavy atom. The number of fused-ring (bicyclic) bond motifs is 1. The lowest BCUT2D eigenvalue weighted by Crippen LogP contribution is -2.50. The van der Waals surface area contributed by atoms with Crippen molar-refractivity contribution in [3.8, 4) is 5.75 Å². The van der Waals surface area contributed by atoms with Crippen LogP contribution >= 0.6 is 11.6 Å². The third-order valence-electron chi connectivity index (χ3n) is 7.29. The Morgan fingerprint density at radius 2 is 1.97 bits per heavy atom. The van der Waals surface area contributed by atoms with Crippen molar-refractivity contribution < 1.29 is 19.0 Å². The van der Waals surface area contributed by atoms with Crippen LogP contribution in [-0.4, -0.2) is 42.6 Å². The topological polar surface area (TPSA) is 65.5 Å². The number of alkyl halides is 1. The average molecular weight is 498 g/mol. The van der Waals surface area contributed by atoms with Gasteiger partial charge in [-0.15, -0.1) is 0 Å². The third-order valence-corrected chi connectivity index (χ3v) is 7.59. The number of carboxylic acids is 1. The SMILES string of the molecule is COc1ccc2ncc(Cl)c(C(F)CCC3(C(=O)[O-])CCN(CCCc4ccccc4)CC3)c2c1. The molecule has 0 amide bonds. The maximum atomic E-state index is 15.6. The minimum atomic E-state index is -1.42. The molecule has 5 nitrogen and oxygen atoms in total. The number of piperidine rings is 1. The molecule has 1 aromatic heterocycles. The van der Waals surface area contributed by atoms with Crippen LogP contribution in [0.2, 0.25) is 5.02 Å². The van der Waals surface area contributed by atoms with Crippen molar-refractivity contribution in [3.63, 3.8) is 0 Å². The Morgan fingerprint density at radius 3 is 2.66 bits per heavy atom. The first-order chi connectivity index (χ1) is 16.9. The molecule has 186 valence electrons. The van der Waals surface area contributed by atoms with E-state index in [9.17, 15) is 9.90 Å². The molecule has 0 spiro atoms. The number of aliphatic carboxylic acids is 1. The second-order valence-corrected chi connectivity index (χ2v) is 9.81. The van der Waals surface area contributed by atoms with E-state index in [1.165, 1.54) is 11.8 Å². The number of benzene rings is 2. The van der Waals surface area contributed by atoms with Crippen LogP contribution in [0.4, 0.5) is 4.39 Å². The van der Waals surface area contributed by atoms with Gasteiger partial charge in [0.2, 0.25) is 0 Å². The van der Waals surface area contributed by atoms with Crippen LogP contribution in [0.3, 0.4) is 0 Å². The van der Waals surface area contributed by atoms with Gasteiger partial charge in [0.1, 0.15) is 11.9 Å². The summed E-state index contributed by atoms with van der Waals surface area (Å²) in [6, 6.07) is 15.6. The maximum Gasteiger partial charge on any atom is 0.127 e. The highest BCUT2D eigenvalue weighted by Gasteiger charge is 2.36. The molecule has 2 aromatic carbocycles. The number of carbonyl (C=O) groups is 1. The number of carboxylic acid groups (broad SMARTS) is 1. The molecule has 1 aliphatic heterocycles. The number of carbonyl (C=O) groups excluding carboxylic acids is 1. The number of halogens is 2. The Bertz CT molecular complexity index is 1150. The molecule has 0 radical (unpaired) electrons. The smallest absolute Gasteiger partial charge is 0.127 e. The molecule has 1 aliphatic rings. The Balaban J connectivity index is 1.38. The molecule has 4 rings (SSSR count). The number of methoxy groups -OCH3 is 1. The lowest BCUT2D eigenvalue weighted by atomic mass is 9.74. The molecule has 0 N–H and O–H groups in total. The second-order valence-electron chi connectivity index (χ2n) is 9.41. The van der Waals surface area contributed by atoms with Gasteiger partial charge in [0, 0.05) is 28.5 Å². The molecule has 0 saturated carbocycles. The average Bonchev–Trinajstić information content (AvgIpc) is 2.88. The molecule has 0 aliphatic carbocycles.